The van der Waals surface area contributed by atoms with Gasteiger partial charge in [0.2, 0.25) is 0 Å². The molecular weight excluding hydrogens is 352 g/mol. The molecule has 0 radical (unpaired) electrons. The molecule has 0 saturated heterocycles. The molecule has 0 aliphatic carbocycles. The first-order valence-corrected chi connectivity index (χ1v) is 8.34. The number of aliphatic hydroxyl groups is 1. The molecule has 2 aromatic carbocycles. The topological polar surface area (TPSA) is 38.7 Å². The molecule has 2 aromatic rings. The monoisotopic (exact) mass is 366 g/mol. The lowest BCUT2D eigenvalue weighted by Crippen LogP contribution is -1.97. The summed E-state index contributed by atoms with van der Waals surface area (Å²) in [7, 11) is 0. The summed E-state index contributed by atoms with van der Waals surface area (Å²) >= 11 is 5.13. The van der Waals surface area contributed by atoms with E-state index in [1.165, 1.54) is 0 Å². The Hall–Kier alpha value is -1.17. The highest BCUT2D eigenvalue weighted by Gasteiger charge is 2.11. The molecule has 0 atom stereocenters. The second-order valence-electron chi connectivity index (χ2n) is 4.67. The zero-order chi connectivity index (χ0) is 14.7. The standard InChI is InChI=1S/C16H15BrO3S/c17-14-8-12(3-2-11(14)10-18)21-13-4-5-15-16(9-13)20-7-1-6-19-15/h2-5,8-9,18H,1,6-7,10H2. The number of hydrogen-bond donors (Lipinski definition) is 1. The van der Waals surface area contributed by atoms with E-state index >= 15 is 0 Å². The number of ether oxygens (including phenoxy) is 2. The first kappa shape index (κ1) is 14.8. The average Bonchev–Trinajstić information content (AvgIpc) is 2.72. The molecule has 3 rings (SSSR count). The first-order valence-electron chi connectivity index (χ1n) is 6.73. The lowest BCUT2D eigenvalue weighted by Gasteiger charge is -2.10. The third-order valence-electron chi connectivity index (χ3n) is 3.15. The zero-order valence-corrected chi connectivity index (χ0v) is 13.7. The highest BCUT2D eigenvalue weighted by molar-refractivity contribution is 9.10. The van der Waals surface area contributed by atoms with Gasteiger partial charge in [0.15, 0.2) is 11.5 Å². The van der Waals surface area contributed by atoms with Gasteiger partial charge < -0.3 is 14.6 Å². The van der Waals surface area contributed by atoms with Crippen molar-refractivity contribution >= 4 is 27.7 Å². The number of rotatable bonds is 3. The van der Waals surface area contributed by atoms with Crippen molar-refractivity contribution in [2.75, 3.05) is 13.2 Å². The number of fused-ring (bicyclic) bond motifs is 1. The maximum Gasteiger partial charge on any atom is 0.162 e. The molecule has 0 bridgehead atoms. The summed E-state index contributed by atoms with van der Waals surface area (Å²) in [5.41, 5.74) is 0.887. The maximum absolute atomic E-state index is 9.19. The molecule has 0 amide bonds. The van der Waals surface area contributed by atoms with Crippen molar-refractivity contribution in [3.8, 4) is 11.5 Å². The molecule has 1 aliphatic heterocycles. The van der Waals surface area contributed by atoms with Crippen LogP contribution in [0.5, 0.6) is 11.5 Å². The molecule has 21 heavy (non-hydrogen) atoms. The number of benzene rings is 2. The Morgan fingerprint density at radius 2 is 1.71 bits per heavy atom. The zero-order valence-electron chi connectivity index (χ0n) is 11.3. The summed E-state index contributed by atoms with van der Waals surface area (Å²) in [5, 5.41) is 9.19. The van der Waals surface area contributed by atoms with Crippen LogP contribution in [0.25, 0.3) is 0 Å². The van der Waals surface area contributed by atoms with E-state index in [1.807, 2.05) is 36.4 Å². The van der Waals surface area contributed by atoms with Gasteiger partial charge in [0.05, 0.1) is 19.8 Å². The molecule has 1 N–H and O–H groups in total. The van der Waals surface area contributed by atoms with Gasteiger partial charge in [-0.3, -0.25) is 0 Å². The van der Waals surface area contributed by atoms with Gasteiger partial charge in [-0.1, -0.05) is 33.8 Å². The van der Waals surface area contributed by atoms with Crippen LogP contribution in [-0.2, 0) is 6.61 Å². The minimum atomic E-state index is 0.0373. The molecule has 0 aromatic heterocycles. The van der Waals surface area contributed by atoms with Gasteiger partial charge in [-0.15, -0.1) is 0 Å². The van der Waals surface area contributed by atoms with E-state index in [0.29, 0.717) is 13.2 Å². The smallest absolute Gasteiger partial charge is 0.162 e. The van der Waals surface area contributed by atoms with E-state index in [4.69, 9.17) is 9.47 Å². The molecular formula is C16H15BrO3S. The van der Waals surface area contributed by atoms with Crippen molar-refractivity contribution in [3.05, 3.63) is 46.4 Å². The third-order valence-corrected chi connectivity index (χ3v) is 4.87. The minimum absolute atomic E-state index is 0.0373. The first-order chi connectivity index (χ1) is 10.3. The van der Waals surface area contributed by atoms with Crippen molar-refractivity contribution in [2.45, 2.75) is 22.8 Å². The fourth-order valence-corrected chi connectivity index (χ4v) is 3.61. The second kappa shape index (κ2) is 6.73. The van der Waals surface area contributed by atoms with Crippen LogP contribution in [0.2, 0.25) is 0 Å². The highest BCUT2D eigenvalue weighted by atomic mass is 79.9. The van der Waals surface area contributed by atoms with E-state index in [9.17, 15) is 5.11 Å². The highest BCUT2D eigenvalue weighted by Crippen LogP contribution is 2.37. The fraction of sp³-hybridized carbons (Fsp3) is 0.250. The van der Waals surface area contributed by atoms with E-state index in [2.05, 4.69) is 15.9 Å². The van der Waals surface area contributed by atoms with Gasteiger partial charge in [0, 0.05) is 20.7 Å². The van der Waals surface area contributed by atoms with Crippen molar-refractivity contribution < 1.29 is 14.6 Å². The molecule has 1 aliphatic rings. The van der Waals surface area contributed by atoms with Gasteiger partial charge in [-0.25, -0.2) is 0 Å². The summed E-state index contributed by atoms with van der Waals surface area (Å²) in [6.07, 6.45) is 0.909. The Bertz CT molecular complexity index is 645. The Kier molecular flexibility index (Phi) is 4.73. The van der Waals surface area contributed by atoms with Gasteiger partial charge >= 0.3 is 0 Å². The summed E-state index contributed by atoms with van der Waals surface area (Å²) in [4.78, 5) is 2.21. The van der Waals surface area contributed by atoms with Crippen LogP contribution >= 0.6 is 27.7 Å². The molecule has 0 saturated carbocycles. The van der Waals surface area contributed by atoms with Crippen LogP contribution in [0.1, 0.15) is 12.0 Å². The number of hydrogen-bond acceptors (Lipinski definition) is 4. The fourth-order valence-electron chi connectivity index (χ4n) is 2.06. The van der Waals surface area contributed by atoms with Crippen LogP contribution in [0.15, 0.2) is 50.7 Å². The SMILES string of the molecule is OCc1ccc(Sc2ccc3c(c2)OCCCO3)cc1Br. The summed E-state index contributed by atoms with van der Waals surface area (Å²) in [6.45, 7) is 1.43. The van der Waals surface area contributed by atoms with Crippen molar-refractivity contribution in [3.63, 3.8) is 0 Å². The molecule has 110 valence electrons. The van der Waals surface area contributed by atoms with Gasteiger partial charge in [0.25, 0.3) is 0 Å². The van der Waals surface area contributed by atoms with Gasteiger partial charge in [0.1, 0.15) is 0 Å². The van der Waals surface area contributed by atoms with Crippen LogP contribution in [0.3, 0.4) is 0 Å². The van der Waals surface area contributed by atoms with E-state index in [-0.39, 0.29) is 6.61 Å². The van der Waals surface area contributed by atoms with E-state index < -0.39 is 0 Å². The van der Waals surface area contributed by atoms with Gasteiger partial charge in [-0.05, 0) is 35.9 Å². The maximum atomic E-state index is 9.19. The quantitative estimate of drug-likeness (QED) is 0.880. The normalized spacial score (nSPS) is 13.8. The second-order valence-corrected chi connectivity index (χ2v) is 6.67. The Labute approximate surface area is 136 Å². The average molecular weight is 367 g/mol. The molecule has 0 fully saturated rings. The lowest BCUT2D eigenvalue weighted by atomic mass is 10.2. The Morgan fingerprint density at radius 3 is 2.48 bits per heavy atom. The van der Waals surface area contributed by atoms with E-state index in [1.54, 1.807) is 11.8 Å². The number of halogens is 1. The summed E-state index contributed by atoms with van der Waals surface area (Å²) in [6, 6.07) is 11.9. The largest absolute Gasteiger partial charge is 0.490 e. The molecule has 3 nitrogen and oxygen atoms in total. The van der Waals surface area contributed by atoms with Crippen LogP contribution < -0.4 is 9.47 Å². The molecule has 0 unspecified atom stereocenters. The van der Waals surface area contributed by atoms with Crippen LogP contribution in [0, 0.1) is 0 Å². The predicted octanol–water partition coefficient (Wildman–Crippen LogP) is 4.25. The molecule has 5 heteroatoms. The van der Waals surface area contributed by atoms with E-state index in [0.717, 1.165) is 37.7 Å². The Morgan fingerprint density at radius 1 is 1.00 bits per heavy atom. The Balaban J connectivity index is 1.81. The van der Waals surface area contributed by atoms with Crippen molar-refractivity contribution in [1.82, 2.24) is 0 Å². The minimum Gasteiger partial charge on any atom is -0.490 e. The summed E-state index contributed by atoms with van der Waals surface area (Å²) < 4.78 is 12.3. The van der Waals surface area contributed by atoms with Crippen molar-refractivity contribution in [2.24, 2.45) is 0 Å². The molecule has 0 spiro atoms. The summed E-state index contributed by atoms with van der Waals surface area (Å²) in [5.74, 6) is 1.62. The molecule has 1 heterocycles. The predicted molar refractivity (Wildman–Crippen MR) is 86.2 cm³/mol. The van der Waals surface area contributed by atoms with Gasteiger partial charge in [-0.2, -0.15) is 0 Å². The lowest BCUT2D eigenvalue weighted by molar-refractivity contribution is 0.281. The third kappa shape index (κ3) is 3.54. The van der Waals surface area contributed by atoms with Crippen molar-refractivity contribution in [1.29, 1.82) is 0 Å². The van der Waals surface area contributed by atoms with Crippen LogP contribution in [-0.4, -0.2) is 18.3 Å². The number of aliphatic hydroxyl groups excluding tert-OH is 1. The van der Waals surface area contributed by atoms with Crippen LogP contribution in [0.4, 0.5) is 0 Å².